The fourth-order valence-electron chi connectivity index (χ4n) is 5.75. The van der Waals surface area contributed by atoms with Crippen molar-refractivity contribution >= 4 is 11.6 Å². The molecule has 0 aromatic heterocycles. The molecule has 4 fully saturated rings. The van der Waals surface area contributed by atoms with E-state index in [4.69, 9.17) is 9.47 Å². The van der Waals surface area contributed by atoms with Gasteiger partial charge in [-0.1, -0.05) is 6.07 Å². The number of ether oxygens (including phenoxy) is 2. The second-order valence-electron chi connectivity index (χ2n) is 8.14. The van der Waals surface area contributed by atoms with Gasteiger partial charge in [0.2, 0.25) is 5.91 Å². The van der Waals surface area contributed by atoms with Gasteiger partial charge in [0, 0.05) is 5.54 Å². The van der Waals surface area contributed by atoms with Gasteiger partial charge < -0.3 is 20.1 Å². The molecule has 5 rings (SSSR count). The minimum atomic E-state index is -0.0430. The first-order valence-corrected chi connectivity index (χ1v) is 9.36. The normalized spacial score (nSPS) is 32.5. The predicted octanol–water partition coefficient (Wildman–Crippen LogP) is 3.20. The molecule has 0 saturated heterocycles. The van der Waals surface area contributed by atoms with Crippen LogP contribution in [0.5, 0.6) is 11.5 Å². The molecule has 4 aliphatic carbocycles. The Morgan fingerprint density at radius 2 is 1.56 bits per heavy atom. The number of carbonyl (C=O) groups excluding carboxylic acids is 1. The Morgan fingerprint density at radius 1 is 1.04 bits per heavy atom. The lowest BCUT2D eigenvalue weighted by molar-refractivity contribution is -0.116. The van der Waals surface area contributed by atoms with E-state index in [1.807, 2.05) is 18.2 Å². The van der Waals surface area contributed by atoms with E-state index in [0.29, 0.717) is 23.7 Å². The van der Waals surface area contributed by atoms with E-state index in [2.05, 4.69) is 10.6 Å². The van der Waals surface area contributed by atoms with Crippen LogP contribution in [0.1, 0.15) is 38.5 Å². The standard InChI is InChI=1S/C20H28N2O3/c1-24-16-4-3-5-17(25-2)19(16)22-18(23)12-21-20-9-13-6-14(10-20)8-15(7-13)11-20/h3-5,13-15,21H,6-12H2,1-2H3,(H,22,23). The number of anilines is 1. The van der Waals surface area contributed by atoms with E-state index in [1.54, 1.807) is 14.2 Å². The van der Waals surface area contributed by atoms with Gasteiger partial charge in [0.05, 0.1) is 20.8 Å². The molecular weight excluding hydrogens is 316 g/mol. The van der Waals surface area contributed by atoms with Gasteiger partial charge in [-0.15, -0.1) is 0 Å². The summed E-state index contributed by atoms with van der Waals surface area (Å²) in [5.41, 5.74) is 0.793. The minimum Gasteiger partial charge on any atom is -0.494 e. The van der Waals surface area contributed by atoms with E-state index in [1.165, 1.54) is 38.5 Å². The maximum atomic E-state index is 12.6. The van der Waals surface area contributed by atoms with Gasteiger partial charge in [-0.3, -0.25) is 4.79 Å². The molecule has 4 bridgehead atoms. The molecule has 0 atom stereocenters. The zero-order valence-corrected chi connectivity index (χ0v) is 15.1. The Morgan fingerprint density at radius 3 is 2.04 bits per heavy atom. The van der Waals surface area contributed by atoms with Crippen molar-refractivity contribution in [1.82, 2.24) is 5.32 Å². The number of nitrogens with one attached hydrogen (secondary N) is 2. The number of para-hydroxylation sites is 1. The lowest BCUT2D eigenvalue weighted by Gasteiger charge is -2.57. The fraction of sp³-hybridized carbons (Fsp3) is 0.650. The first-order valence-electron chi connectivity index (χ1n) is 9.36. The van der Waals surface area contributed by atoms with Crippen LogP contribution in [-0.2, 0) is 4.79 Å². The first kappa shape index (κ1) is 16.7. The summed E-state index contributed by atoms with van der Waals surface area (Å²) >= 11 is 0. The molecule has 4 aliphatic rings. The molecule has 1 aromatic rings. The molecule has 5 nitrogen and oxygen atoms in total. The highest BCUT2D eigenvalue weighted by atomic mass is 16.5. The molecular formula is C20H28N2O3. The smallest absolute Gasteiger partial charge is 0.238 e. The molecule has 0 heterocycles. The SMILES string of the molecule is COc1cccc(OC)c1NC(=O)CNC12CC3CC(CC(C3)C1)C2. The largest absolute Gasteiger partial charge is 0.494 e. The summed E-state index contributed by atoms with van der Waals surface area (Å²) in [7, 11) is 3.19. The van der Waals surface area contributed by atoms with E-state index >= 15 is 0 Å². The monoisotopic (exact) mass is 344 g/mol. The third-order valence-electron chi connectivity index (χ3n) is 6.35. The topological polar surface area (TPSA) is 59.6 Å². The highest BCUT2D eigenvalue weighted by Crippen LogP contribution is 2.55. The average Bonchev–Trinajstić information content (AvgIpc) is 2.59. The molecule has 5 heteroatoms. The van der Waals surface area contributed by atoms with Crippen LogP contribution in [0, 0.1) is 17.8 Å². The van der Waals surface area contributed by atoms with Gasteiger partial charge in [0.15, 0.2) is 0 Å². The van der Waals surface area contributed by atoms with Crippen molar-refractivity contribution in [1.29, 1.82) is 0 Å². The van der Waals surface area contributed by atoms with E-state index in [9.17, 15) is 4.79 Å². The van der Waals surface area contributed by atoms with Crippen molar-refractivity contribution in [2.24, 2.45) is 17.8 Å². The van der Waals surface area contributed by atoms with Crippen LogP contribution >= 0.6 is 0 Å². The molecule has 136 valence electrons. The third kappa shape index (κ3) is 3.22. The van der Waals surface area contributed by atoms with Crippen LogP contribution < -0.4 is 20.1 Å². The summed E-state index contributed by atoms with van der Waals surface area (Å²) < 4.78 is 10.7. The summed E-state index contributed by atoms with van der Waals surface area (Å²) in [6.45, 7) is 0.341. The van der Waals surface area contributed by atoms with Crippen LogP contribution in [0.3, 0.4) is 0 Å². The van der Waals surface area contributed by atoms with Gasteiger partial charge in [-0.2, -0.15) is 0 Å². The highest BCUT2D eigenvalue weighted by molar-refractivity contribution is 5.95. The summed E-state index contributed by atoms with van der Waals surface area (Å²) in [6.07, 6.45) is 7.95. The lowest BCUT2D eigenvalue weighted by atomic mass is 9.53. The van der Waals surface area contributed by atoms with Crippen molar-refractivity contribution in [2.45, 2.75) is 44.1 Å². The third-order valence-corrected chi connectivity index (χ3v) is 6.35. The molecule has 2 N–H and O–H groups in total. The molecule has 0 radical (unpaired) electrons. The molecule has 0 spiro atoms. The number of benzene rings is 1. The number of carbonyl (C=O) groups is 1. The quantitative estimate of drug-likeness (QED) is 0.832. The molecule has 25 heavy (non-hydrogen) atoms. The number of hydrogen-bond donors (Lipinski definition) is 2. The summed E-state index contributed by atoms with van der Waals surface area (Å²) in [6, 6.07) is 5.50. The number of hydrogen-bond acceptors (Lipinski definition) is 4. The van der Waals surface area contributed by atoms with Gasteiger partial charge in [0.25, 0.3) is 0 Å². The second-order valence-corrected chi connectivity index (χ2v) is 8.14. The maximum absolute atomic E-state index is 12.6. The number of rotatable bonds is 6. The predicted molar refractivity (Wildman–Crippen MR) is 97.1 cm³/mol. The molecule has 0 aliphatic heterocycles. The van der Waals surface area contributed by atoms with Crippen LogP contribution in [0.4, 0.5) is 5.69 Å². The van der Waals surface area contributed by atoms with Gasteiger partial charge in [-0.25, -0.2) is 0 Å². The summed E-state index contributed by atoms with van der Waals surface area (Å²) in [5.74, 6) is 3.80. The van der Waals surface area contributed by atoms with Gasteiger partial charge >= 0.3 is 0 Å². The minimum absolute atomic E-state index is 0.0430. The van der Waals surface area contributed by atoms with Crippen molar-refractivity contribution in [2.75, 3.05) is 26.1 Å². The van der Waals surface area contributed by atoms with Crippen molar-refractivity contribution < 1.29 is 14.3 Å². The number of amides is 1. The Balaban J connectivity index is 1.40. The summed E-state index contributed by atoms with van der Waals surface area (Å²) in [5, 5.41) is 6.59. The first-order chi connectivity index (χ1) is 12.1. The number of methoxy groups -OCH3 is 2. The summed E-state index contributed by atoms with van der Waals surface area (Å²) in [4.78, 5) is 12.6. The zero-order valence-electron chi connectivity index (χ0n) is 15.1. The van der Waals surface area contributed by atoms with Crippen molar-refractivity contribution in [3.63, 3.8) is 0 Å². The maximum Gasteiger partial charge on any atom is 0.238 e. The van der Waals surface area contributed by atoms with Crippen LogP contribution in [-0.4, -0.2) is 32.2 Å². The van der Waals surface area contributed by atoms with Gasteiger partial charge in [-0.05, 0) is 68.4 Å². The van der Waals surface area contributed by atoms with Crippen molar-refractivity contribution in [3.05, 3.63) is 18.2 Å². The molecule has 1 amide bonds. The average molecular weight is 344 g/mol. The fourth-order valence-corrected chi connectivity index (χ4v) is 5.75. The van der Waals surface area contributed by atoms with E-state index in [-0.39, 0.29) is 11.4 Å². The lowest BCUT2D eigenvalue weighted by Crippen LogP contribution is -2.59. The van der Waals surface area contributed by atoms with Gasteiger partial charge in [0.1, 0.15) is 17.2 Å². The molecule has 4 saturated carbocycles. The molecule has 1 aromatic carbocycles. The van der Waals surface area contributed by atoms with E-state index in [0.717, 1.165) is 17.8 Å². The van der Waals surface area contributed by atoms with Crippen LogP contribution in [0.2, 0.25) is 0 Å². The Labute approximate surface area is 149 Å². The molecule has 0 unspecified atom stereocenters. The Bertz CT molecular complexity index is 601. The second kappa shape index (κ2) is 6.52. The highest BCUT2D eigenvalue weighted by Gasteiger charge is 2.50. The van der Waals surface area contributed by atoms with Crippen molar-refractivity contribution in [3.8, 4) is 11.5 Å². The van der Waals surface area contributed by atoms with E-state index < -0.39 is 0 Å². The Kier molecular flexibility index (Phi) is 4.36. The van der Waals surface area contributed by atoms with Crippen LogP contribution in [0.25, 0.3) is 0 Å². The zero-order chi connectivity index (χ0) is 17.4. The van der Waals surface area contributed by atoms with Crippen LogP contribution in [0.15, 0.2) is 18.2 Å². The Hall–Kier alpha value is -1.75.